The maximum absolute atomic E-state index is 11.2. The van der Waals surface area contributed by atoms with Crippen molar-refractivity contribution in [1.29, 1.82) is 0 Å². The van der Waals surface area contributed by atoms with Crippen molar-refractivity contribution in [3.05, 3.63) is 0 Å². The van der Waals surface area contributed by atoms with E-state index < -0.39 is 0 Å². The molecule has 0 aromatic rings. The normalized spacial score (nSPS) is 12.3. The Labute approximate surface area is 97.7 Å². The van der Waals surface area contributed by atoms with Crippen molar-refractivity contribution in [2.45, 2.75) is 53.0 Å². The largest absolute Gasteiger partial charge is 0.466 e. The smallest absolute Gasteiger partial charge is 0.305 e. The molecule has 4 heteroatoms. The standard InChI is InChI=1S/C12H23NO3/c1-5-16-12(15)7-6-11(8-9(2)3)13-10(4)14/h9,11H,5-8H2,1-4H3,(H,13,14)/t11-/m0/s1. The molecule has 0 heterocycles. The Bertz CT molecular complexity index is 226. The number of hydrogen-bond acceptors (Lipinski definition) is 3. The molecule has 0 aliphatic carbocycles. The van der Waals surface area contributed by atoms with E-state index in [-0.39, 0.29) is 17.9 Å². The molecular weight excluding hydrogens is 206 g/mol. The Morgan fingerprint density at radius 3 is 2.38 bits per heavy atom. The van der Waals surface area contributed by atoms with E-state index in [2.05, 4.69) is 19.2 Å². The molecule has 0 unspecified atom stereocenters. The van der Waals surface area contributed by atoms with E-state index in [9.17, 15) is 9.59 Å². The average molecular weight is 229 g/mol. The zero-order valence-electron chi connectivity index (χ0n) is 10.7. The van der Waals surface area contributed by atoms with Gasteiger partial charge in [-0.2, -0.15) is 0 Å². The summed E-state index contributed by atoms with van der Waals surface area (Å²) >= 11 is 0. The molecule has 0 aliphatic heterocycles. The van der Waals surface area contributed by atoms with Crippen molar-refractivity contribution >= 4 is 11.9 Å². The summed E-state index contributed by atoms with van der Waals surface area (Å²) in [5.74, 6) is 0.259. The van der Waals surface area contributed by atoms with Crippen molar-refractivity contribution in [2.24, 2.45) is 5.92 Å². The van der Waals surface area contributed by atoms with E-state index in [0.717, 1.165) is 6.42 Å². The Morgan fingerprint density at radius 2 is 1.94 bits per heavy atom. The highest BCUT2D eigenvalue weighted by molar-refractivity contribution is 5.73. The summed E-state index contributed by atoms with van der Waals surface area (Å²) in [7, 11) is 0. The number of carbonyl (C=O) groups excluding carboxylic acids is 2. The van der Waals surface area contributed by atoms with E-state index >= 15 is 0 Å². The molecule has 94 valence electrons. The van der Waals surface area contributed by atoms with Gasteiger partial charge < -0.3 is 10.1 Å². The van der Waals surface area contributed by atoms with Crippen LogP contribution in [-0.2, 0) is 14.3 Å². The molecule has 0 saturated carbocycles. The quantitative estimate of drug-likeness (QED) is 0.678. The number of hydrogen-bond donors (Lipinski definition) is 1. The van der Waals surface area contributed by atoms with Crippen LogP contribution >= 0.6 is 0 Å². The van der Waals surface area contributed by atoms with Crippen LogP contribution in [0.3, 0.4) is 0 Å². The Kier molecular flexibility index (Phi) is 7.60. The highest BCUT2D eigenvalue weighted by Gasteiger charge is 2.14. The minimum absolute atomic E-state index is 0.0468. The fourth-order valence-corrected chi connectivity index (χ4v) is 1.63. The lowest BCUT2D eigenvalue weighted by Gasteiger charge is -2.19. The lowest BCUT2D eigenvalue weighted by Crippen LogP contribution is -2.34. The van der Waals surface area contributed by atoms with Crippen LogP contribution in [0.2, 0.25) is 0 Å². The van der Waals surface area contributed by atoms with Crippen LogP contribution in [0, 0.1) is 5.92 Å². The third kappa shape index (κ3) is 8.26. The maximum Gasteiger partial charge on any atom is 0.305 e. The molecule has 0 radical (unpaired) electrons. The van der Waals surface area contributed by atoms with Crippen LogP contribution in [-0.4, -0.2) is 24.5 Å². The second-order valence-electron chi connectivity index (χ2n) is 4.37. The van der Waals surface area contributed by atoms with Gasteiger partial charge in [0.05, 0.1) is 6.61 Å². The van der Waals surface area contributed by atoms with Crippen LogP contribution in [0.4, 0.5) is 0 Å². The molecule has 0 bridgehead atoms. The predicted octanol–water partition coefficient (Wildman–Crippen LogP) is 1.88. The Morgan fingerprint density at radius 1 is 1.31 bits per heavy atom. The predicted molar refractivity (Wildman–Crippen MR) is 62.9 cm³/mol. The molecule has 1 N–H and O–H groups in total. The minimum atomic E-state index is -0.193. The number of rotatable bonds is 7. The van der Waals surface area contributed by atoms with Gasteiger partial charge in [0.1, 0.15) is 0 Å². The molecule has 16 heavy (non-hydrogen) atoms. The van der Waals surface area contributed by atoms with Crippen molar-refractivity contribution < 1.29 is 14.3 Å². The van der Waals surface area contributed by atoms with Crippen molar-refractivity contribution in [3.63, 3.8) is 0 Å². The summed E-state index contributed by atoms with van der Waals surface area (Å²) in [6, 6.07) is 0.0712. The molecular formula is C12H23NO3. The van der Waals surface area contributed by atoms with E-state index in [1.807, 2.05) is 0 Å². The molecule has 4 nitrogen and oxygen atoms in total. The van der Waals surface area contributed by atoms with Gasteiger partial charge in [-0.15, -0.1) is 0 Å². The van der Waals surface area contributed by atoms with Gasteiger partial charge in [-0.25, -0.2) is 0 Å². The topological polar surface area (TPSA) is 55.4 Å². The molecule has 1 amide bonds. The molecule has 1 atom stereocenters. The Balaban J connectivity index is 4.00. The number of nitrogens with one attached hydrogen (secondary N) is 1. The molecule has 0 aromatic carbocycles. The Hall–Kier alpha value is -1.06. The van der Waals surface area contributed by atoms with Crippen LogP contribution in [0.1, 0.15) is 47.0 Å². The second-order valence-corrected chi connectivity index (χ2v) is 4.37. The first kappa shape index (κ1) is 14.9. The second kappa shape index (κ2) is 8.13. The molecule has 0 aliphatic rings. The fourth-order valence-electron chi connectivity index (χ4n) is 1.63. The fraction of sp³-hybridized carbons (Fsp3) is 0.833. The summed E-state index contributed by atoms with van der Waals surface area (Å²) in [6.07, 6.45) is 1.90. The van der Waals surface area contributed by atoms with Crippen molar-refractivity contribution in [2.75, 3.05) is 6.61 Å². The van der Waals surface area contributed by atoms with Crippen LogP contribution in [0.15, 0.2) is 0 Å². The SMILES string of the molecule is CCOC(=O)CC[C@@H](CC(C)C)NC(C)=O. The number of ether oxygens (including phenoxy) is 1. The lowest BCUT2D eigenvalue weighted by molar-refractivity contribution is -0.143. The third-order valence-corrected chi connectivity index (χ3v) is 2.17. The summed E-state index contributed by atoms with van der Waals surface area (Å²) in [6.45, 7) is 7.89. The zero-order chi connectivity index (χ0) is 12.6. The summed E-state index contributed by atoms with van der Waals surface area (Å²) in [4.78, 5) is 22.2. The minimum Gasteiger partial charge on any atom is -0.466 e. The van der Waals surface area contributed by atoms with E-state index in [1.165, 1.54) is 6.92 Å². The first-order chi connectivity index (χ1) is 7.45. The van der Waals surface area contributed by atoms with Crippen LogP contribution in [0.5, 0.6) is 0 Å². The number of esters is 1. The molecule has 0 spiro atoms. The van der Waals surface area contributed by atoms with Gasteiger partial charge in [-0.3, -0.25) is 9.59 Å². The molecule has 0 rings (SSSR count). The molecule has 0 saturated heterocycles. The highest BCUT2D eigenvalue weighted by atomic mass is 16.5. The summed E-state index contributed by atoms with van der Waals surface area (Å²) in [5, 5.41) is 2.86. The average Bonchev–Trinajstić information content (AvgIpc) is 2.13. The molecule has 0 aromatic heterocycles. The van der Waals surface area contributed by atoms with Gasteiger partial charge in [-0.1, -0.05) is 13.8 Å². The summed E-state index contributed by atoms with van der Waals surface area (Å²) in [5.41, 5.74) is 0. The van der Waals surface area contributed by atoms with Crippen LogP contribution < -0.4 is 5.32 Å². The van der Waals surface area contributed by atoms with Gasteiger partial charge in [0.15, 0.2) is 0 Å². The van der Waals surface area contributed by atoms with Gasteiger partial charge in [0, 0.05) is 19.4 Å². The van der Waals surface area contributed by atoms with Gasteiger partial charge in [-0.05, 0) is 25.7 Å². The maximum atomic E-state index is 11.2. The van der Waals surface area contributed by atoms with Crippen molar-refractivity contribution in [3.8, 4) is 0 Å². The van der Waals surface area contributed by atoms with Gasteiger partial charge in [0.2, 0.25) is 5.91 Å². The van der Waals surface area contributed by atoms with E-state index in [1.54, 1.807) is 6.92 Å². The van der Waals surface area contributed by atoms with Crippen LogP contribution in [0.25, 0.3) is 0 Å². The third-order valence-electron chi connectivity index (χ3n) is 2.17. The monoisotopic (exact) mass is 229 g/mol. The lowest BCUT2D eigenvalue weighted by atomic mass is 10.00. The first-order valence-corrected chi connectivity index (χ1v) is 5.88. The zero-order valence-corrected chi connectivity index (χ0v) is 10.7. The van der Waals surface area contributed by atoms with Gasteiger partial charge >= 0.3 is 5.97 Å². The van der Waals surface area contributed by atoms with E-state index in [0.29, 0.717) is 25.4 Å². The van der Waals surface area contributed by atoms with Gasteiger partial charge in [0.25, 0.3) is 0 Å². The number of amides is 1. The van der Waals surface area contributed by atoms with Crippen molar-refractivity contribution in [1.82, 2.24) is 5.32 Å². The first-order valence-electron chi connectivity index (χ1n) is 5.88. The summed E-state index contributed by atoms with van der Waals surface area (Å²) < 4.78 is 4.85. The highest BCUT2D eigenvalue weighted by Crippen LogP contribution is 2.10. The number of carbonyl (C=O) groups is 2. The molecule has 0 fully saturated rings. The van der Waals surface area contributed by atoms with E-state index in [4.69, 9.17) is 4.74 Å².